The van der Waals surface area contributed by atoms with E-state index in [1.54, 1.807) is 0 Å². The van der Waals surface area contributed by atoms with E-state index in [0.29, 0.717) is 0 Å². The van der Waals surface area contributed by atoms with Crippen molar-refractivity contribution in [3.05, 3.63) is 223 Å². The third-order valence-corrected chi connectivity index (χ3v) is 14.6. The number of furan rings is 1. The van der Waals surface area contributed by atoms with Gasteiger partial charge in [-0.1, -0.05) is 152 Å². The lowest BCUT2D eigenvalue weighted by atomic mass is 9.94. The van der Waals surface area contributed by atoms with Crippen LogP contribution in [-0.4, -0.2) is 10.3 Å². The molecule has 0 saturated heterocycles. The summed E-state index contributed by atoms with van der Waals surface area (Å²) in [5.74, 6) is 0. The number of benzene rings is 9. The maximum Gasteiger partial charge on any atom is 0.143 e. The number of nitrogens with two attached hydrogens (primary N) is 1. The molecule has 0 spiro atoms. The molecule has 0 radical (unpaired) electrons. The number of nitrogens with zero attached hydrogens (tertiary/aromatic N) is 2. The summed E-state index contributed by atoms with van der Waals surface area (Å²) >= 11 is 1.85. The molecule has 5 heteroatoms. The lowest BCUT2D eigenvalue weighted by Crippen LogP contribution is -2.12. The summed E-state index contributed by atoms with van der Waals surface area (Å²) in [5, 5.41) is 7.28. The second kappa shape index (κ2) is 16.8. The molecule has 3 aromatic heterocycles. The van der Waals surface area contributed by atoms with Crippen LogP contribution in [0.4, 0.5) is 0 Å². The molecule has 0 aliphatic carbocycles. The summed E-state index contributed by atoms with van der Waals surface area (Å²) in [6.07, 6.45) is 2.54. The van der Waals surface area contributed by atoms with Crippen LogP contribution in [0.5, 0.6) is 0 Å². The van der Waals surface area contributed by atoms with Gasteiger partial charge in [0.05, 0.1) is 17.1 Å². The van der Waals surface area contributed by atoms with Crippen molar-refractivity contribution in [1.82, 2.24) is 4.57 Å². The van der Waals surface area contributed by atoms with Gasteiger partial charge in [-0.3, -0.25) is 4.99 Å². The Kier molecular flexibility index (Phi) is 10.2. The predicted molar refractivity (Wildman–Crippen MR) is 280 cm³/mol. The number of aliphatic imine (C=N–C) groups is 1. The van der Waals surface area contributed by atoms with Crippen LogP contribution in [0.25, 0.3) is 91.9 Å². The Morgan fingerprint density at radius 2 is 1.27 bits per heavy atom. The summed E-state index contributed by atoms with van der Waals surface area (Å²) in [6.45, 7) is 2.20. The molecule has 4 nitrogen and oxygen atoms in total. The lowest BCUT2D eigenvalue weighted by molar-refractivity contribution is 0.626. The first-order chi connectivity index (χ1) is 32.6. The van der Waals surface area contributed by atoms with Crippen LogP contribution < -0.4 is 5.73 Å². The van der Waals surface area contributed by atoms with E-state index in [-0.39, 0.29) is 12.1 Å². The molecule has 12 aromatic rings. The molecule has 0 bridgehead atoms. The molecule has 12 rings (SSSR count). The molecular weight excluding hydrogens is 823 g/mol. The van der Waals surface area contributed by atoms with Crippen LogP contribution in [0.1, 0.15) is 55.0 Å². The number of hydrogen-bond donors (Lipinski definition) is 1. The summed E-state index contributed by atoms with van der Waals surface area (Å²) in [5.41, 5.74) is 21.9. The Morgan fingerprint density at radius 3 is 2.12 bits per heavy atom. The predicted octanol–water partition coefficient (Wildman–Crippen LogP) is 16.8. The normalized spacial score (nSPS) is 13.2. The molecule has 0 aliphatic rings. The van der Waals surface area contributed by atoms with E-state index >= 15 is 0 Å². The second-order valence-corrected chi connectivity index (χ2v) is 18.6. The molecule has 3 heterocycles. The van der Waals surface area contributed by atoms with Crippen molar-refractivity contribution in [3.8, 4) is 27.9 Å². The van der Waals surface area contributed by atoms with Crippen LogP contribution in [0.3, 0.4) is 0 Å². The van der Waals surface area contributed by atoms with Gasteiger partial charge in [-0.25, -0.2) is 0 Å². The minimum absolute atomic E-state index is 0.0268. The Labute approximate surface area is 387 Å². The zero-order chi connectivity index (χ0) is 44.1. The van der Waals surface area contributed by atoms with E-state index in [9.17, 15) is 0 Å². The number of hydrogen-bond acceptors (Lipinski definition) is 4. The monoisotopic (exact) mass is 869 g/mol. The molecule has 318 valence electrons. The summed E-state index contributed by atoms with van der Waals surface area (Å²) in [7, 11) is 0. The standard InChI is InChI=1S/C61H47N3OS/c1-39(40-15-4-2-5-16-40)63-54(44-34-36-59-51(38-44)48-20-9-11-28-58(48)66-59)25-14-24-53(62)50-23-13-26-56-60(50)52-37-43(33-35-55(52)64(56)45-17-6-3-7-18-45)41-29-31-42(32-30-41)46-21-12-22-49-47-19-8-10-27-57(47)65-61(46)49/h2-13,15-23,26-39,53H,14,24-25,62H2,1H3. The van der Waals surface area contributed by atoms with Crippen LogP contribution in [0.2, 0.25) is 0 Å². The Bertz CT molecular complexity index is 3770. The van der Waals surface area contributed by atoms with Gasteiger partial charge in [0.25, 0.3) is 0 Å². The van der Waals surface area contributed by atoms with Gasteiger partial charge in [-0.2, -0.15) is 0 Å². The molecule has 2 unspecified atom stereocenters. The van der Waals surface area contributed by atoms with E-state index in [0.717, 1.165) is 85.9 Å². The van der Waals surface area contributed by atoms with Crippen molar-refractivity contribution in [2.24, 2.45) is 10.7 Å². The van der Waals surface area contributed by atoms with Crippen LogP contribution in [0, 0.1) is 0 Å². The number of aromatic nitrogens is 1. The van der Waals surface area contributed by atoms with E-state index < -0.39 is 0 Å². The summed E-state index contributed by atoms with van der Waals surface area (Å²) in [4.78, 5) is 5.44. The van der Waals surface area contributed by atoms with Crippen molar-refractivity contribution in [2.75, 3.05) is 0 Å². The van der Waals surface area contributed by atoms with Crippen molar-refractivity contribution in [2.45, 2.75) is 38.3 Å². The number of rotatable bonds is 11. The van der Waals surface area contributed by atoms with E-state index in [2.05, 4.69) is 206 Å². The molecule has 0 aliphatic heterocycles. The molecule has 0 saturated carbocycles. The van der Waals surface area contributed by atoms with Gasteiger partial charge in [0.1, 0.15) is 11.2 Å². The zero-order valence-corrected chi connectivity index (χ0v) is 37.5. The average molecular weight is 870 g/mol. The van der Waals surface area contributed by atoms with Gasteiger partial charge in [-0.15, -0.1) is 11.3 Å². The Morgan fingerprint density at radius 1 is 0.576 bits per heavy atom. The first-order valence-electron chi connectivity index (χ1n) is 23.0. The van der Waals surface area contributed by atoms with Gasteiger partial charge in [-0.05, 0) is 114 Å². The highest BCUT2D eigenvalue weighted by Gasteiger charge is 2.21. The quantitative estimate of drug-likeness (QED) is 0.132. The van der Waals surface area contributed by atoms with Crippen LogP contribution >= 0.6 is 11.3 Å². The third-order valence-electron chi connectivity index (χ3n) is 13.4. The van der Waals surface area contributed by atoms with Gasteiger partial charge in [0.15, 0.2) is 0 Å². The lowest BCUT2D eigenvalue weighted by Gasteiger charge is -2.16. The fourth-order valence-electron chi connectivity index (χ4n) is 10.1. The Balaban J connectivity index is 0.891. The summed E-state index contributed by atoms with van der Waals surface area (Å²) < 4.78 is 11.4. The smallest absolute Gasteiger partial charge is 0.143 e. The van der Waals surface area contributed by atoms with Gasteiger partial charge in [0, 0.05) is 64.7 Å². The molecule has 66 heavy (non-hydrogen) atoms. The first-order valence-corrected chi connectivity index (χ1v) is 23.8. The number of fused-ring (bicyclic) bond motifs is 9. The molecule has 2 atom stereocenters. The largest absolute Gasteiger partial charge is 0.455 e. The average Bonchev–Trinajstić information content (AvgIpc) is 4.06. The third kappa shape index (κ3) is 7.09. The van der Waals surface area contributed by atoms with Gasteiger partial charge >= 0.3 is 0 Å². The van der Waals surface area contributed by atoms with E-state index in [4.69, 9.17) is 15.1 Å². The maximum absolute atomic E-state index is 7.37. The molecule has 0 fully saturated rings. The molecular formula is C61H47N3OS. The highest BCUT2D eigenvalue weighted by Crippen LogP contribution is 2.41. The fraction of sp³-hybridized carbons (Fsp3) is 0.0984. The van der Waals surface area contributed by atoms with Gasteiger partial charge < -0.3 is 14.7 Å². The minimum Gasteiger partial charge on any atom is -0.455 e. The topological polar surface area (TPSA) is 56.4 Å². The van der Waals surface area contributed by atoms with Crippen LogP contribution in [0.15, 0.2) is 216 Å². The SMILES string of the molecule is CC(N=C(CCCC(N)c1cccc2c1c1cc(-c3ccc(-c4cccc5c4oc4ccccc45)cc3)ccc1n2-c1ccccc1)c1ccc2sc3ccccc3c2c1)c1ccccc1. The first kappa shape index (κ1) is 40.0. The maximum atomic E-state index is 7.37. The fourth-order valence-corrected chi connectivity index (χ4v) is 11.2. The van der Waals surface area contributed by atoms with E-state index in [1.807, 2.05) is 23.5 Å². The second-order valence-electron chi connectivity index (χ2n) is 17.5. The Hall–Kier alpha value is -7.57. The zero-order valence-electron chi connectivity index (χ0n) is 36.7. The van der Waals surface area contributed by atoms with Crippen LogP contribution in [-0.2, 0) is 0 Å². The molecule has 2 N–H and O–H groups in total. The molecule has 9 aromatic carbocycles. The summed E-state index contributed by atoms with van der Waals surface area (Å²) in [6, 6.07) is 73.9. The van der Waals surface area contributed by atoms with Crippen molar-refractivity contribution >= 4 is 81.0 Å². The minimum atomic E-state index is -0.177. The van der Waals surface area contributed by atoms with Crippen molar-refractivity contribution in [1.29, 1.82) is 0 Å². The number of para-hydroxylation sites is 3. The van der Waals surface area contributed by atoms with Crippen molar-refractivity contribution < 1.29 is 4.42 Å². The van der Waals surface area contributed by atoms with Crippen molar-refractivity contribution in [3.63, 3.8) is 0 Å². The van der Waals surface area contributed by atoms with Gasteiger partial charge in [0.2, 0.25) is 0 Å². The van der Waals surface area contributed by atoms with E-state index in [1.165, 1.54) is 47.6 Å². The highest BCUT2D eigenvalue weighted by atomic mass is 32.1. The highest BCUT2D eigenvalue weighted by molar-refractivity contribution is 7.25. The number of thiophene rings is 1. The molecule has 0 amide bonds.